The van der Waals surface area contributed by atoms with Crippen molar-refractivity contribution in [3.63, 3.8) is 0 Å². The molecule has 0 atom stereocenters. The first-order chi connectivity index (χ1) is 10.8. The average Bonchev–Trinajstić information content (AvgIpc) is 3.01. The second-order valence-electron chi connectivity index (χ2n) is 5.18. The fourth-order valence-corrected chi connectivity index (χ4v) is 3.50. The number of rotatable bonds is 4. The fraction of sp³-hybridized carbons (Fsp3) is 0.278. The standard InChI is InChI=1S/C18H19NO2S/c1-2-21-16-6-4-3-5-14(16)7-8-18(20)19-11-9-17-15(13-19)10-12-22-17/h3-8,10,12H,2,9,11,13H2,1H3. The van der Waals surface area contributed by atoms with Crippen LogP contribution < -0.4 is 4.74 Å². The lowest BCUT2D eigenvalue weighted by Gasteiger charge is -2.25. The maximum Gasteiger partial charge on any atom is 0.246 e. The quantitative estimate of drug-likeness (QED) is 0.805. The van der Waals surface area contributed by atoms with Gasteiger partial charge in [-0.2, -0.15) is 0 Å². The zero-order valence-electron chi connectivity index (χ0n) is 12.6. The Morgan fingerprint density at radius 2 is 2.23 bits per heavy atom. The zero-order valence-corrected chi connectivity index (χ0v) is 13.4. The minimum atomic E-state index is 0.0585. The third kappa shape index (κ3) is 3.22. The Hall–Kier alpha value is -2.07. The second-order valence-corrected chi connectivity index (χ2v) is 6.18. The van der Waals surface area contributed by atoms with Crippen LogP contribution >= 0.6 is 11.3 Å². The molecule has 0 fully saturated rings. The van der Waals surface area contributed by atoms with E-state index in [2.05, 4.69) is 11.4 Å². The van der Waals surface area contributed by atoms with Crippen molar-refractivity contribution >= 4 is 23.3 Å². The van der Waals surface area contributed by atoms with Gasteiger partial charge in [0.05, 0.1) is 6.61 Å². The van der Waals surface area contributed by atoms with Crippen LogP contribution in [0.2, 0.25) is 0 Å². The van der Waals surface area contributed by atoms with Gasteiger partial charge < -0.3 is 9.64 Å². The number of fused-ring (bicyclic) bond motifs is 1. The average molecular weight is 313 g/mol. The van der Waals surface area contributed by atoms with E-state index in [0.29, 0.717) is 6.61 Å². The molecule has 1 aromatic heterocycles. The van der Waals surface area contributed by atoms with Crippen molar-refractivity contribution in [1.82, 2.24) is 4.90 Å². The van der Waals surface area contributed by atoms with E-state index in [1.54, 1.807) is 17.4 Å². The molecule has 1 aliphatic heterocycles. The van der Waals surface area contributed by atoms with E-state index in [4.69, 9.17) is 4.74 Å². The van der Waals surface area contributed by atoms with Crippen LogP contribution in [0, 0.1) is 0 Å². The molecule has 0 bridgehead atoms. The summed E-state index contributed by atoms with van der Waals surface area (Å²) in [6, 6.07) is 9.89. The Bertz CT molecular complexity index is 690. The Morgan fingerprint density at radius 3 is 3.09 bits per heavy atom. The zero-order chi connectivity index (χ0) is 15.4. The predicted octanol–water partition coefficient (Wildman–Crippen LogP) is 3.74. The smallest absolute Gasteiger partial charge is 0.246 e. The summed E-state index contributed by atoms with van der Waals surface area (Å²) in [5.74, 6) is 0.871. The lowest BCUT2D eigenvalue weighted by Crippen LogP contribution is -2.34. The minimum Gasteiger partial charge on any atom is -0.493 e. The summed E-state index contributed by atoms with van der Waals surface area (Å²) in [6.45, 7) is 4.09. The first kappa shape index (κ1) is 14.9. The summed E-state index contributed by atoms with van der Waals surface area (Å²) in [5, 5.41) is 2.10. The van der Waals surface area contributed by atoms with Crippen molar-refractivity contribution in [2.75, 3.05) is 13.2 Å². The Kier molecular flexibility index (Phi) is 4.59. The first-order valence-electron chi connectivity index (χ1n) is 7.52. The van der Waals surface area contributed by atoms with Crippen LogP contribution in [0.15, 0.2) is 41.8 Å². The van der Waals surface area contributed by atoms with Crippen LogP contribution in [0.4, 0.5) is 0 Å². The SMILES string of the molecule is CCOc1ccccc1C=CC(=O)N1CCc2sccc2C1. The number of thiophene rings is 1. The maximum atomic E-state index is 12.4. The molecule has 3 rings (SSSR count). The highest BCUT2D eigenvalue weighted by Crippen LogP contribution is 2.24. The molecule has 22 heavy (non-hydrogen) atoms. The molecule has 0 saturated carbocycles. The number of hydrogen-bond donors (Lipinski definition) is 0. The van der Waals surface area contributed by atoms with Crippen molar-refractivity contribution in [3.05, 3.63) is 57.8 Å². The number of carbonyl (C=O) groups is 1. The van der Waals surface area contributed by atoms with Gasteiger partial charge in [-0.3, -0.25) is 4.79 Å². The van der Waals surface area contributed by atoms with E-state index in [-0.39, 0.29) is 5.91 Å². The molecule has 3 nitrogen and oxygen atoms in total. The summed E-state index contributed by atoms with van der Waals surface area (Å²) in [5.41, 5.74) is 2.22. The van der Waals surface area contributed by atoms with Gasteiger partial charge in [-0.1, -0.05) is 18.2 Å². The molecule has 1 aliphatic rings. The van der Waals surface area contributed by atoms with Crippen LogP contribution in [-0.2, 0) is 17.8 Å². The fourth-order valence-electron chi connectivity index (χ4n) is 2.61. The summed E-state index contributed by atoms with van der Waals surface area (Å²) in [7, 11) is 0. The number of hydrogen-bond acceptors (Lipinski definition) is 3. The third-order valence-corrected chi connectivity index (χ3v) is 4.77. The second kappa shape index (κ2) is 6.79. The molecule has 0 unspecified atom stereocenters. The van der Waals surface area contributed by atoms with Crippen molar-refractivity contribution < 1.29 is 9.53 Å². The van der Waals surface area contributed by atoms with E-state index in [0.717, 1.165) is 30.8 Å². The monoisotopic (exact) mass is 313 g/mol. The highest BCUT2D eigenvalue weighted by Gasteiger charge is 2.19. The van der Waals surface area contributed by atoms with Gasteiger partial charge in [-0.25, -0.2) is 0 Å². The van der Waals surface area contributed by atoms with Gasteiger partial charge in [0, 0.05) is 29.6 Å². The number of benzene rings is 1. The topological polar surface area (TPSA) is 29.5 Å². The van der Waals surface area contributed by atoms with Crippen LogP contribution in [-0.4, -0.2) is 24.0 Å². The van der Waals surface area contributed by atoms with Crippen LogP contribution in [0.3, 0.4) is 0 Å². The molecule has 1 aromatic carbocycles. The van der Waals surface area contributed by atoms with Gasteiger partial charge in [0.15, 0.2) is 0 Å². The Morgan fingerprint density at radius 1 is 1.36 bits per heavy atom. The number of para-hydroxylation sites is 1. The van der Waals surface area contributed by atoms with Crippen molar-refractivity contribution in [1.29, 1.82) is 0 Å². The Balaban J connectivity index is 1.70. The molecule has 0 spiro atoms. The highest BCUT2D eigenvalue weighted by atomic mass is 32.1. The summed E-state index contributed by atoms with van der Waals surface area (Å²) in [4.78, 5) is 15.7. The summed E-state index contributed by atoms with van der Waals surface area (Å²) >= 11 is 1.78. The van der Waals surface area contributed by atoms with Gasteiger partial charge in [-0.05, 0) is 42.5 Å². The molecule has 114 valence electrons. The van der Waals surface area contributed by atoms with Crippen LogP contribution in [0.5, 0.6) is 5.75 Å². The molecule has 2 aromatic rings. The lowest BCUT2D eigenvalue weighted by atomic mass is 10.1. The molecule has 0 radical (unpaired) electrons. The molecule has 0 saturated heterocycles. The van der Waals surface area contributed by atoms with E-state index >= 15 is 0 Å². The third-order valence-electron chi connectivity index (χ3n) is 3.74. The highest BCUT2D eigenvalue weighted by molar-refractivity contribution is 7.10. The maximum absolute atomic E-state index is 12.4. The van der Waals surface area contributed by atoms with Crippen molar-refractivity contribution in [2.45, 2.75) is 19.9 Å². The van der Waals surface area contributed by atoms with Crippen LogP contribution in [0.1, 0.15) is 22.9 Å². The number of amides is 1. The minimum absolute atomic E-state index is 0.0585. The lowest BCUT2D eigenvalue weighted by molar-refractivity contribution is -0.126. The van der Waals surface area contributed by atoms with Crippen LogP contribution in [0.25, 0.3) is 6.08 Å². The molecule has 1 amide bonds. The van der Waals surface area contributed by atoms with Gasteiger partial charge in [0.2, 0.25) is 5.91 Å². The molecule has 4 heteroatoms. The van der Waals surface area contributed by atoms with E-state index in [9.17, 15) is 4.79 Å². The normalized spacial score (nSPS) is 14.1. The Labute approximate surface area is 134 Å². The molecular weight excluding hydrogens is 294 g/mol. The van der Waals surface area contributed by atoms with Crippen molar-refractivity contribution in [3.8, 4) is 5.75 Å². The molecular formula is C18H19NO2S. The van der Waals surface area contributed by atoms with Gasteiger partial charge >= 0.3 is 0 Å². The number of carbonyl (C=O) groups excluding carboxylic acids is 1. The molecule has 0 N–H and O–H groups in total. The molecule has 2 heterocycles. The molecule has 0 aliphatic carbocycles. The summed E-state index contributed by atoms with van der Waals surface area (Å²) < 4.78 is 5.58. The number of ether oxygens (including phenoxy) is 1. The predicted molar refractivity (Wildman–Crippen MR) is 90.1 cm³/mol. The largest absolute Gasteiger partial charge is 0.493 e. The van der Waals surface area contributed by atoms with Gasteiger partial charge in [0.1, 0.15) is 5.75 Å². The van der Waals surface area contributed by atoms with E-state index in [1.165, 1.54) is 10.4 Å². The van der Waals surface area contributed by atoms with Gasteiger partial charge in [0.25, 0.3) is 0 Å². The van der Waals surface area contributed by atoms with E-state index < -0.39 is 0 Å². The summed E-state index contributed by atoms with van der Waals surface area (Å²) in [6.07, 6.45) is 4.45. The van der Waals surface area contributed by atoms with E-state index in [1.807, 2.05) is 42.2 Å². The first-order valence-corrected chi connectivity index (χ1v) is 8.40. The number of nitrogens with zero attached hydrogens (tertiary/aromatic N) is 1. The van der Waals surface area contributed by atoms with Crippen molar-refractivity contribution in [2.24, 2.45) is 0 Å². The van der Waals surface area contributed by atoms with Gasteiger partial charge in [-0.15, -0.1) is 11.3 Å².